The van der Waals surface area contributed by atoms with E-state index >= 15 is 0 Å². The predicted octanol–water partition coefficient (Wildman–Crippen LogP) is 3.01. The summed E-state index contributed by atoms with van der Waals surface area (Å²) in [7, 11) is 0. The maximum Gasteiger partial charge on any atom is 0.289 e. The van der Waals surface area contributed by atoms with Crippen LogP contribution in [0, 0.1) is 11.3 Å². The lowest BCUT2D eigenvalue weighted by molar-refractivity contribution is -0.125. The van der Waals surface area contributed by atoms with Crippen molar-refractivity contribution >= 4 is 34.5 Å². The van der Waals surface area contributed by atoms with Gasteiger partial charge in [-0.1, -0.05) is 23.9 Å². The molecule has 0 atom stereocenters. The van der Waals surface area contributed by atoms with E-state index in [-0.39, 0.29) is 29.4 Å². The molecule has 1 heterocycles. The van der Waals surface area contributed by atoms with Crippen molar-refractivity contribution in [3.05, 3.63) is 65.2 Å². The molecular formula is C18H13N3O3S. The van der Waals surface area contributed by atoms with Crippen LogP contribution in [0.2, 0.25) is 0 Å². The van der Waals surface area contributed by atoms with Crippen LogP contribution in [-0.2, 0) is 11.3 Å². The van der Waals surface area contributed by atoms with Gasteiger partial charge in [-0.15, -0.1) is 0 Å². The number of thioether (sulfide) groups is 1. The molecule has 1 aliphatic rings. The van der Waals surface area contributed by atoms with Crippen molar-refractivity contribution in [3.8, 4) is 6.07 Å². The summed E-state index contributed by atoms with van der Waals surface area (Å²) in [5.41, 5.74) is 2.22. The predicted molar refractivity (Wildman–Crippen MR) is 94.0 cm³/mol. The van der Waals surface area contributed by atoms with Gasteiger partial charge in [0.05, 0.1) is 23.9 Å². The molecule has 3 rings (SSSR count). The smallest absolute Gasteiger partial charge is 0.289 e. The molecule has 0 bridgehead atoms. The van der Waals surface area contributed by atoms with Gasteiger partial charge < -0.3 is 5.32 Å². The molecular weight excluding hydrogens is 338 g/mol. The molecule has 25 heavy (non-hydrogen) atoms. The standard InChI is InChI=1S/C18H13N3O3S/c19-9-12-4-6-15(7-5-12)20-17(23)14-3-1-2-13(8-14)10-21-16(22)11-25-18(21)24/h1-8H,10-11H2,(H,20,23). The number of anilines is 1. The average molecular weight is 351 g/mol. The van der Waals surface area contributed by atoms with Crippen LogP contribution >= 0.6 is 11.8 Å². The molecule has 1 N–H and O–H groups in total. The first-order chi connectivity index (χ1) is 12.1. The lowest BCUT2D eigenvalue weighted by atomic mass is 10.1. The summed E-state index contributed by atoms with van der Waals surface area (Å²) in [6.07, 6.45) is 0. The van der Waals surface area contributed by atoms with Gasteiger partial charge in [0, 0.05) is 11.3 Å². The second-order valence-corrected chi connectivity index (χ2v) is 6.30. The molecule has 1 fully saturated rings. The van der Waals surface area contributed by atoms with Gasteiger partial charge in [0.2, 0.25) is 5.91 Å². The second kappa shape index (κ2) is 7.20. The van der Waals surface area contributed by atoms with Crippen LogP contribution in [-0.4, -0.2) is 27.7 Å². The van der Waals surface area contributed by atoms with Crippen molar-refractivity contribution in [1.82, 2.24) is 4.90 Å². The van der Waals surface area contributed by atoms with Gasteiger partial charge in [-0.3, -0.25) is 19.3 Å². The normalized spacial score (nSPS) is 13.6. The van der Waals surface area contributed by atoms with Gasteiger partial charge in [-0.2, -0.15) is 5.26 Å². The average Bonchev–Trinajstić information content (AvgIpc) is 2.94. The number of nitrogens with one attached hydrogen (secondary N) is 1. The highest BCUT2D eigenvalue weighted by molar-refractivity contribution is 8.14. The van der Waals surface area contributed by atoms with Crippen molar-refractivity contribution in [2.75, 3.05) is 11.1 Å². The first-order valence-corrected chi connectivity index (χ1v) is 8.43. The van der Waals surface area contributed by atoms with Gasteiger partial charge in [-0.25, -0.2) is 0 Å². The number of carbonyl (C=O) groups excluding carboxylic acids is 3. The maximum absolute atomic E-state index is 12.4. The minimum absolute atomic E-state index is 0.155. The van der Waals surface area contributed by atoms with Crippen LogP contribution in [0.1, 0.15) is 21.5 Å². The highest BCUT2D eigenvalue weighted by Gasteiger charge is 2.29. The summed E-state index contributed by atoms with van der Waals surface area (Å²) in [4.78, 5) is 36.9. The number of hydrogen-bond donors (Lipinski definition) is 1. The van der Waals surface area contributed by atoms with Gasteiger partial charge in [0.15, 0.2) is 0 Å². The Morgan fingerprint density at radius 2 is 1.96 bits per heavy atom. The Balaban J connectivity index is 1.72. The third-order valence-electron chi connectivity index (χ3n) is 3.64. The van der Waals surface area contributed by atoms with E-state index in [1.165, 1.54) is 4.90 Å². The van der Waals surface area contributed by atoms with E-state index in [2.05, 4.69) is 5.32 Å². The minimum Gasteiger partial charge on any atom is -0.322 e. The summed E-state index contributed by atoms with van der Waals surface area (Å²) in [5, 5.41) is 11.3. The van der Waals surface area contributed by atoms with E-state index in [9.17, 15) is 14.4 Å². The monoisotopic (exact) mass is 351 g/mol. The van der Waals surface area contributed by atoms with Crippen LogP contribution in [0.15, 0.2) is 48.5 Å². The number of benzene rings is 2. The van der Waals surface area contributed by atoms with Gasteiger partial charge in [0.1, 0.15) is 0 Å². The van der Waals surface area contributed by atoms with Gasteiger partial charge in [0.25, 0.3) is 11.1 Å². The third-order valence-corrected chi connectivity index (χ3v) is 4.50. The van der Waals surface area contributed by atoms with E-state index in [0.717, 1.165) is 11.8 Å². The van der Waals surface area contributed by atoms with Crippen molar-refractivity contribution in [2.45, 2.75) is 6.54 Å². The summed E-state index contributed by atoms with van der Waals surface area (Å²) in [6.45, 7) is 0.155. The number of rotatable bonds is 4. The zero-order valence-electron chi connectivity index (χ0n) is 13.1. The number of nitrogens with zero attached hydrogens (tertiary/aromatic N) is 2. The molecule has 3 amide bonds. The molecule has 1 saturated heterocycles. The number of carbonyl (C=O) groups is 3. The van der Waals surface area contributed by atoms with Crippen LogP contribution in [0.3, 0.4) is 0 Å². The Morgan fingerprint density at radius 1 is 1.20 bits per heavy atom. The molecule has 6 nitrogen and oxygen atoms in total. The molecule has 1 aliphatic heterocycles. The lowest BCUT2D eigenvalue weighted by Crippen LogP contribution is -2.28. The zero-order chi connectivity index (χ0) is 17.8. The molecule has 0 aliphatic carbocycles. The molecule has 2 aromatic rings. The number of imide groups is 1. The fourth-order valence-electron chi connectivity index (χ4n) is 2.36. The molecule has 7 heteroatoms. The Kier molecular flexibility index (Phi) is 4.82. The maximum atomic E-state index is 12.4. The van der Waals surface area contributed by atoms with E-state index in [0.29, 0.717) is 22.4 Å². The number of nitriles is 1. The van der Waals surface area contributed by atoms with Crippen molar-refractivity contribution in [1.29, 1.82) is 5.26 Å². The van der Waals surface area contributed by atoms with E-state index in [1.54, 1.807) is 48.5 Å². The summed E-state index contributed by atoms with van der Waals surface area (Å²) >= 11 is 0.983. The fourth-order valence-corrected chi connectivity index (χ4v) is 3.08. The third kappa shape index (κ3) is 3.87. The van der Waals surface area contributed by atoms with Crippen LogP contribution < -0.4 is 5.32 Å². The lowest BCUT2D eigenvalue weighted by Gasteiger charge is -2.13. The first kappa shape index (κ1) is 16.7. The largest absolute Gasteiger partial charge is 0.322 e. The quantitative estimate of drug-likeness (QED) is 0.914. The van der Waals surface area contributed by atoms with Crippen molar-refractivity contribution in [2.24, 2.45) is 0 Å². The highest BCUT2D eigenvalue weighted by atomic mass is 32.2. The fraction of sp³-hybridized carbons (Fsp3) is 0.111. The number of amides is 3. The Labute approximate surface area is 148 Å². The minimum atomic E-state index is -0.306. The molecule has 0 radical (unpaired) electrons. The topological polar surface area (TPSA) is 90.3 Å². The summed E-state index contributed by atoms with van der Waals surface area (Å²) < 4.78 is 0. The van der Waals surface area contributed by atoms with E-state index in [4.69, 9.17) is 5.26 Å². The Morgan fingerprint density at radius 3 is 2.60 bits per heavy atom. The Bertz CT molecular complexity index is 871. The van der Waals surface area contributed by atoms with Crippen LogP contribution in [0.25, 0.3) is 0 Å². The molecule has 2 aromatic carbocycles. The highest BCUT2D eigenvalue weighted by Crippen LogP contribution is 2.21. The molecule has 0 saturated carbocycles. The molecule has 0 unspecified atom stereocenters. The van der Waals surface area contributed by atoms with Crippen molar-refractivity contribution in [3.63, 3.8) is 0 Å². The van der Waals surface area contributed by atoms with E-state index in [1.807, 2.05) is 6.07 Å². The summed E-state index contributed by atoms with van der Waals surface area (Å²) in [6, 6.07) is 15.3. The van der Waals surface area contributed by atoms with Crippen LogP contribution in [0.5, 0.6) is 0 Å². The van der Waals surface area contributed by atoms with E-state index < -0.39 is 0 Å². The number of hydrogen-bond acceptors (Lipinski definition) is 5. The second-order valence-electron chi connectivity index (χ2n) is 5.38. The SMILES string of the molecule is N#Cc1ccc(NC(=O)c2cccc(CN3C(=O)CSC3=O)c2)cc1. The molecule has 0 aromatic heterocycles. The Hall–Kier alpha value is -3.11. The van der Waals surface area contributed by atoms with Gasteiger partial charge >= 0.3 is 0 Å². The van der Waals surface area contributed by atoms with Crippen LogP contribution in [0.4, 0.5) is 10.5 Å². The zero-order valence-corrected chi connectivity index (χ0v) is 13.9. The summed E-state index contributed by atoms with van der Waals surface area (Å²) in [5.74, 6) is -0.361. The van der Waals surface area contributed by atoms with Crippen molar-refractivity contribution < 1.29 is 14.4 Å². The first-order valence-electron chi connectivity index (χ1n) is 7.44. The molecule has 0 spiro atoms. The van der Waals surface area contributed by atoms with Gasteiger partial charge in [-0.05, 0) is 42.0 Å². The molecule has 124 valence electrons.